The summed E-state index contributed by atoms with van der Waals surface area (Å²) in [5.74, 6) is 1.06. The number of hydrogen-bond donors (Lipinski definition) is 3. The molecule has 1 fully saturated rings. The lowest BCUT2D eigenvalue weighted by atomic mass is 10.2. The van der Waals surface area contributed by atoms with E-state index in [2.05, 4.69) is 45.5 Å². The lowest BCUT2D eigenvalue weighted by molar-refractivity contribution is 0.384. The number of rotatable bonds is 3. The van der Waals surface area contributed by atoms with Gasteiger partial charge in [-0.25, -0.2) is 15.1 Å². The topological polar surface area (TPSA) is 133 Å². The minimum absolute atomic E-state index is 0.195. The summed E-state index contributed by atoms with van der Waals surface area (Å²) >= 11 is 3.41. The quantitative estimate of drug-likeness (QED) is 0.375. The Balaban J connectivity index is 1.55. The molecule has 0 atom stereocenters. The number of halogens is 1. The number of nitrogens with two attached hydrogens (primary N) is 1. The van der Waals surface area contributed by atoms with Crippen molar-refractivity contribution in [3.63, 3.8) is 0 Å². The van der Waals surface area contributed by atoms with Crippen molar-refractivity contribution in [2.24, 2.45) is 9.54 Å². The maximum atomic E-state index is 11.7. The molecule has 0 aliphatic carbocycles. The second-order valence-corrected chi connectivity index (χ2v) is 9.06. The van der Waals surface area contributed by atoms with Gasteiger partial charge in [0.25, 0.3) is 0 Å². The summed E-state index contributed by atoms with van der Waals surface area (Å²) in [7, 11) is -4.06. The van der Waals surface area contributed by atoms with Crippen molar-refractivity contribution in [1.29, 1.82) is 0 Å². The van der Waals surface area contributed by atoms with Crippen LogP contribution in [0.1, 0.15) is 5.56 Å². The van der Waals surface area contributed by atoms with E-state index >= 15 is 0 Å². The van der Waals surface area contributed by atoms with Crippen LogP contribution in [0.15, 0.2) is 45.7 Å². The molecule has 1 aliphatic rings. The highest BCUT2D eigenvalue weighted by atomic mass is 79.9. The van der Waals surface area contributed by atoms with Gasteiger partial charge in [0.15, 0.2) is 0 Å². The first-order valence-electron chi connectivity index (χ1n) is 9.24. The van der Waals surface area contributed by atoms with Crippen LogP contribution in [0.25, 0.3) is 11.0 Å². The first kappa shape index (κ1) is 20.6. The number of benzene rings is 1. The second-order valence-electron chi connectivity index (χ2n) is 6.93. The number of anilines is 2. The van der Waals surface area contributed by atoms with Crippen LogP contribution in [0.5, 0.6) is 0 Å². The summed E-state index contributed by atoms with van der Waals surface area (Å²) < 4.78 is 27.9. The van der Waals surface area contributed by atoms with Gasteiger partial charge in [0.1, 0.15) is 17.8 Å². The Morgan fingerprint density at radius 1 is 1.27 bits per heavy atom. The van der Waals surface area contributed by atoms with E-state index in [1.54, 1.807) is 6.33 Å². The standard InChI is InChI=1S/C18H21BrN8O2S/c1-12-10-21-16-15(12)17(23-11-22-16)26-5-7-27(8-6-26)18(25-30(20,28)29)24-14-4-2-3-13(19)9-14/h2-4,9-11H,5-8H2,1H3,(H,24,25)(H2,20,28,29)(H,21,22,23). The Bertz CT molecular complexity index is 1200. The Hall–Kier alpha value is -2.70. The summed E-state index contributed by atoms with van der Waals surface area (Å²) in [5.41, 5.74) is 2.58. The highest BCUT2D eigenvalue weighted by Crippen LogP contribution is 2.26. The van der Waals surface area contributed by atoms with E-state index < -0.39 is 10.2 Å². The van der Waals surface area contributed by atoms with Crippen LogP contribution in [0.2, 0.25) is 0 Å². The van der Waals surface area contributed by atoms with E-state index in [1.807, 2.05) is 42.3 Å². The van der Waals surface area contributed by atoms with Crippen molar-refractivity contribution in [2.45, 2.75) is 6.92 Å². The molecule has 0 saturated carbocycles. The van der Waals surface area contributed by atoms with Crippen LogP contribution < -0.4 is 15.4 Å². The largest absolute Gasteiger partial charge is 0.352 e. The normalized spacial score (nSPS) is 15.6. The highest BCUT2D eigenvalue weighted by molar-refractivity contribution is 9.10. The molecular weight excluding hydrogens is 472 g/mol. The summed E-state index contributed by atoms with van der Waals surface area (Å²) in [5, 5.41) is 9.26. The number of hydrogen-bond acceptors (Lipinski definition) is 5. The average Bonchev–Trinajstić information content (AvgIpc) is 3.08. The van der Waals surface area contributed by atoms with Crippen molar-refractivity contribution in [2.75, 3.05) is 36.4 Å². The fraction of sp³-hybridized carbons (Fsp3) is 0.278. The summed E-state index contributed by atoms with van der Waals surface area (Å²) in [4.78, 5) is 15.9. The van der Waals surface area contributed by atoms with Crippen molar-refractivity contribution in [3.8, 4) is 0 Å². The zero-order valence-electron chi connectivity index (χ0n) is 16.2. The predicted molar refractivity (Wildman–Crippen MR) is 121 cm³/mol. The summed E-state index contributed by atoms with van der Waals surface area (Å²) in [6.07, 6.45) is 3.46. The molecule has 0 amide bonds. The molecule has 0 spiro atoms. The number of aromatic amines is 1. The van der Waals surface area contributed by atoms with Gasteiger partial charge in [-0.2, -0.15) is 8.42 Å². The number of nitrogens with zero attached hydrogens (tertiary/aromatic N) is 5. The number of piperazine rings is 1. The summed E-state index contributed by atoms with van der Waals surface area (Å²) in [6, 6.07) is 7.39. The average molecular weight is 493 g/mol. The van der Waals surface area contributed by atoms with Crippen LogP contribution in [0.3, 0.4) is 0 Å². The van der Waals surface area contributed by atoms with E-state index in [4.69, 9.17) is 5.14 Å². The van der Waals surface area contributed by atoms with E-state index in [0.29, 0.717) is 31.9 Å². The van der Waals surface area contributed by atoms with Gasteiger partial charge >= 0.3 is 10.2 Å². The molecule has 0 bridgehead atoms. The SMILES string of the molecule is Cc1c[nH]c2ncnc(N3CCN(/C(=N/S(N)(=O)=O)Nc4cccc(Br)c4)CC3)c12. The molecule has 30 heavy (non-hydrogen) atoms. The third-order valence-corrected chi connectivity index (χ3v) is 5.74. The third-order valence-electron chi connectivity index (χ3n) is 4.82. The molecule has 158 valence electrons. The number of guanidine groups is 1. The van der Waals surface area contributed by atoms with Crippen LogP contribution in [-0.4, -0.2) is 60.4 Å². The molecular formula is C18H21BrN8O2S. The molecule has 1 aromatic carbocycles. The Kier molecular flexibility index (Phi) is 5.62. The van der Waals surface area contributed by atoms with Gasteiger partial charge in [-0.3, -0.25) is 0 Å². The maximum absolute atomic E-state index is 11.7. The molecule has 12 heteroatoms. The van der Waals surface area contributed by atoms with E-state index in [0.717, 1.165) is 26.9 Å². The first-order valence-corrected chi connectivity index (χ1v) is 11.5. The minimum atomic E-state index is -4.06. The van der Waals surface area contributed by atoms with Gasteiger partial charge in [-0.15, -0.1) is 4.40 Å². The van der Waals surface area contributed by atoms with Crippen LogP contribution >= 0.6 is 15.9 Å². The molecule has 0 unspecified atom stereocenters. The Labute approximate surface area is 182 Å². The van der Waals surface area contributed by atoms with E-state index in [-0.39, 0.29) is 5.96 Å². The van der Waals surface area contributed by atoms with Crippen LogP contribution in [0.4, 0.5) is 11.5 Å². The molecule has 3 aromatic rings. The number of aromatic nitrogens is 3. The van der Waals surface area contributed by atoms with Gasteiger partial charge in [-0.05, 0) is 30.7 Å². The zero-order chi connectivity index (χ0) is 21.3. The Morgan fingerprint density at radius 2 is 2.03 bits per heavy atom. The highest BCUT2D eigenvalue weighted by Gasteiger charge is 2.24. The predicted octanol–water partition coefficient (Wildman–Crippen LogP) is 1.82. The van der Waals surface area contributed by atoms with Gasteiger partial charge in [0, 0.05) is 42.5 Å². The molecule has 3 heterocycles. The van der Waals surface area contributed by atoms with Crippen molar-refractivity contribution < 1.29 is 8.42 Å². The molecule has 10 nitrogen and oxygen atoms in total. The number of aryl methyl sites for hydroxylation is 1. The number of nitrogens with one attached hydrogen (secondary N) is 2. The molecule has 4 rings (SSSR count). The number of H-pyrrole nitrogens is 1. The van der Waals surface area contributed by atoms with Crippen molar-refractivity contribution >= 4 is 54.6 Å². The van der Waals surface area contributed by atoms with E-state index in [1.165, 1.54) is 0 Å². The maximum Gasteiger partial charge on any atom is 0.320 e. The second kappa shape index (κ2) is 8.20. The molecule has 2 aromatic heterocycles. The zero-order valence-corrected chi connectivity index (χ0v) is 18.6. The third kappa shape index (κ3) is 4.55. The van der Waals surface area contributed by atoms with Gasteiger partial charge in [0.2, 0.25) is 5.96 Å². The smallest absolute Gasteiger partial charge is 0.320 e. The molecule has 1 saturated heterocycles. The van der Waals surface area contributed by atoms with Gasteiger partial charge in [0.05, 0.1) is 5.39 Å². The molecule has 4 N–H and O–H groups in total. The van der Waals surface area contributed by atoms with E-state index in [9.17, 15) is 8.42 Å². The van der Waals surface area contributed by atoms with Gasteiger partial charge in [-0.1, -0.05) is 22.0 Å². The lowest BCUT2D eigenvalue weighted by Gasteiger charge is -2.37. The molecule has 1 aliphatic heterocycles. The van der Waals surface area contributed by atoms with Crippen LogP contribution in [0, 0.1) is 6.92 Å². The first-order chi connectivity index (χ1) is 14.3. The van der Waals surface area contributed by atoms with Crippen molar-refractivity contribution in [3.05, 3.63) is 46.8 Å². The lowest BCUT2D eigenvalue weighted by Crippen LogP contribution is -2.51. The Morgan fingerprint density at radius 3 is 2.73 bits per heavy atom. The minimum Gasteiger partial charge on any atom is -0.352 e. The fourth-order valence-electron chi connectivity index (χ4n) is 3.44. The summed E-state index contributed by atoms with van der Waals surface area (Å²) in [6.45, 7) is 4.39. The monoisotopic (exact) mass is 492 g/mol. The molecule has 0 radical (unpaired) electrons. The van der Waals surface area contributed by atoms with Crippen molar-refractivity contribution in [1.82, 2.24) is 19.9 Å². The van der Waals surface area contributed by atoms with Crippen LogP contribution in [-0.2, 0) is 10.2 Å². The fourth-order valence-corrected chi connectivity index (χ4v) is 4.24. The van der Waals surface area contributed by atoms with Gasteiger partial charge < -0.3 is 20.1 Å². The number of fused-ring (bicyclic) bond motifs is 1.